The number of rotatable bonds is 11. The zero-order chi connectivity index (χ0) is 20.9. The normalized spacial score (nSPS) is 16.3. The van der Waals surface area contributed by atoms with Gasteiger partial charge < -0.3 is 15.6 Å². The molecule has 1 rings (SSSR count). The molecule has 1 aromatic carbocycles. The van der Waals surface area contributed by atoms with Crippen molar-refractivity contribution in [3.63, 3.8) is 0 Å². The molecular weight excluding hydrogens is 354 g/mol. The standard InChI is InChI=1S/C23H31NO4/c1-4-17(2)23(18(3)20(25)13-9-6-10-14-21(24)26)28-22(27)16-15-19-11-7-5-8-12-19/h5-12,14-18,20,23,25H,4,13H2,1-3H3,(H2,24,26)/b9-6+,14-10+,16-15+/t17-,18-,20-,23+/m1/s1. The summed E-state index contributed by atoms with van der Waals surface area (Å²) in [6.45, 7) is 5.91. The number of carbonyl (C=O) groups excluding carboxylic acids is 2. The molecule has 0 fully saturated rings. The largest absolute Gasteiger partial charge is 0.459 e. The zero-order valence-corrected chi connectivity index (χ0v) is 16.8. The van der Waals surface area contributed by atoms with Crippen LogP contribution in [-0.4, -0.2) is 29.2 Å². The molecule has 28 heavy (non-hydrogen) atoms. The van der Waals surface area contributed by atoms with Crippen molar-refractivity contribution in [2.24, 2.45) is 17.6 Å². The van der Waals surface area contributed by atoms with E-state index >= 15 is 0 Å². The Morgan fingerprint density at radius 2 is 1.82 bits per heavy atom. The number of benzene rings is 1. The van der Waals surface area contributed by atoms with E-state index in [-0.39, 0.29) is 11.8 Å². The Bertz CT molecular complexity index is 694. The van der Waals surface area contributed by atoms with Gasteiger partial charge in [0.05, 0.1) is 6.10 Å². The van der Waals surface area contributed by atoms with Crippen molar-refractivity contribution >= 4 is 18.0 Å². The lowest BCUT2D eigenvalue weighted by atomic mass is 9.86. The highest BCUT2D eigenvalue weighted by atomic mass is 16.5. The van der Waals surface area contributed by atoms with Crippen LogP contribution in [0.2, 0.25) is 0 Å². The predicted molar refractivity (Wildman–Crippen MR) is 112 cm³/mol. The number of esters is 1. The van der Waals surface area contributed by atoms with Crippen LogP contribution in [0.4, 0.5) is 0 Å². The molecule has 5 nitrogen and oxygen atoms in total. The maximum atomic E-state index is 12.3. The van der Waals surface area contributed by atoms with E-state index in [0.29, 0.717) is 6.42 Å². The summed E-state index contributed by atoms with van der Waals surface area (Å²) in [7, 11) is 0. The van der Waals surface area contributed by atoms with E-state index in [9.17, 15) is 14.7 Å². The van der Waals surface area contributed by atoms with Crippen LogP contribution >= 0.6 is 0 Å². The van der Waals surface area contributed by atoms with Gasteiger partial charge in [-0.2, -0.15) is 0 Å². The molecule has 4 atom stereocenters. The monoisotopic (exact) mass is 385 g/mol. The third kappa shape index (κ3) is 8.82. The first kappa shape index (κ1) is 23.4. The minimum Gasteiger partial charge on any atom is -0.459 e. The van der Waals surface area contributed by atoms with Crippen molar-refractivity contribution in [1.29, 1.82) is 0 Å². The Morgan fingerprint density at radius 1 is 1.14 bits per heavy atom. The van der Waals surface area contributed by atoms with Crippen LogP contribution in [0, 0.1) is 11.8 Å². The van der Waals surface area contributed by atoms with E-state index in [1.54, 1.807) is 18.2 Å². The molecule has 0 aliphatic heterocycles. The molecule has 1 amide bonds. The van der Waals surface area contributed by atoms with Crippen LogP contribution < -0.4 is 5.73 Å². The highest BCUT2D eigenvalue weighted by Gasteiger charge is 2.30. The third-order valence-electron chi connectivity index (χ3n) is 4.68. The number of ether oxygens (including phenoxy) is 1. The second kappa shape index (κ2) is 12.7. The van der Waals surface area contributed by atoms with Crippen molar-refractivity contribution in [3.05, 3.63) is 66.3 Å². The summed E-state index contributed by atoms with van der Waals surface area (Å²) in [4.78, 5) is 22.9. The quantitative estimate of drug-likeness (QED) is 0.346. The van der Waals surface area contributed by atoms with Gasteiger partial charge in [0, 0.05) is 18.1 Å². The van der Waals surface area contributed by atoms with Gasteiger partial charge in [-0.25, -0.2) is 4.79 Å². The molecule has 0 aliphatic carbocycles. The van der Waals surface area contributed by atoms with E-state index in [1.807, 2.05) is 51.1 Å². The second-order valence-electron chi connectivity index (χ2n) is 6.88. The Hall–Kier alpha value is -2.66. The van der Waals surface area contributed by atoms with E-state index < -0.39 is 24.1 Å². The Kier molecular flexibility index (Phi) is 10.6. The number of carbonyl (C=O) groups is 2. The number of hydrogen-bond acceptors (Lipinski definition) is 4. The van der Waals surface area contributed by atoms with Gasteiger partial charge in [0.1, 0.15) is 6.10 Å². The smallest absolute Gasteiger partial charge is 0.331 e. The molecule has 0 aromatic heterocycles. The molecule has 5 heteroatoms. The maximum absolute atomic E-state index is 12.3. The van der Waals surface area contributed by atoms with Crippen molar-refractivity contribution < 1.29 is 19.4 Å². The first-order valence-corrected chi connectivity index (χ1v) is 9.59. The fraction of sp³-hybridized carbons (Fsp3) is 0.391. The van der Waals surface area contributed by atoms with Crippen molar-refractivity contribution in [1.82, 2.24) is 0 Å². The van der Waals surface area contributed by atoms with Crippen molar-refractivity contribution in [2.45, 2.75) is 45.8 Å². The van der Waals surface area contributed by atoms with E-state index in [4.69, 9.17) is 10.5 Å². The first-order chi connectivity index (χ1) is 13.3. The van der Waals surface area contributed by atoms with Crippen LogP contribution in [0.15, 0.2) is 60.7 Å². The van der Waals surface area contributed by atoms with E-state index in [0.717, 1.165) is 12.0 Å². The summed E-state index contributed by atoms with van der Waals surface area (Å²) in [5, 5.41) is 10.5. The van der Waals surface area contributed by atoms with Gasteiger partial charge in [-0.05, 0) is 24.0 Å². The number of amides is 1. The van der Waals surface area contributed by atoms with Gasteiger partial charge >= 0.3 is 5.97 Å². The van der Waals surface area contributed by atoms with Crippen LogP contribution in [0.1, 0.15) is 39.2 Å². The van der Waals surface area contributed by atoms with Crippen molar-refractivity contribution in [3.8, 4) is 0 Å². The van der Waals surface area contributed by atoms with Gasteiger partial charge in [-0.15, -0.1) is 0 Å². The van der Waals surface area contributed by atoms with Gasteiger partial charge in [-0.1, -0.05) is 75.8 Å². The number of hydrogen-bond donors (Lipinski definition) is 2. The first-order valence-electron chi connectivity index (χ1n) is 9.59. The summed E-state index contributed by atoms with van der Waals surface area (Å²) in [6, 6.07) is 9.52. The molecule has 0 bridgehead atoms. The summed E-state index contributed by atoms with van der Waals surface area (Å²) in [5.74, 6) is -1.08. The predicted octanol–water partition coefficient (Wildman–Crippen LogP) is 3.64. The number of primary amides is 1. The summed E-state index contributed by atoms with van der Waals surface area (Å²) in [5.41, 5.74) is 5.93. The number of allylic oxidation sites excluding steroid dienone is 2. The highest BCUT2D eigenvalue weighted by Crippen LogP contribution is 2.24. The van der Waals surface area contributed by atoms with Crippen LogP contribution in [0.25, 0.3) is 6.08 Å². The molecule has 0 aliphatic rings. The molecule has 0 heterocycles. The molecule has 0 radical (unpaired) electrons. The molecule has 0 saturated carbocycles. The van der Waals surface area contributed by atoms with Gasteiger partial charge in [0.25, 0.3) is 0 Å². The van der Waals surface area contributed by atoms with E-state index in [1.165, 1.54) is 18.2 Å². The summed E-state index contributed by atoms with van der Waals surface area (Å²) in [6.07, 6.45) is 9.45. The van der Waals surface area contributed by atoms with Gasteiger partial charge in [0.2, 0.25) is 5.91 Å². The molecule has 0 spiro atoms. The average Bonchev–Trinajstić information content (AvgIpc) is 2.69. The van der Waals surface area contributed by atoms with Crippen LogP contribution in [0.3, 0.4) is 0 Å². The fourth-order valence-corrected chi connectivity index (χ4v) is 2.76. The Labute approximate surface area is 167 Å². The Morgan fingerprint density at radius 3 is 2.43 bits per heavy atom. The van der Waals surface area contributed by atoms with E-state index in [2.05, 4.69) is 0 Å². The fourth-order valence-electron chi connectivity index (χ4n) is 2.76. The molecule has 3 N–H and O–H groups in total. The minimum absolute atomic E-state index is 0.109. The second-order valence-corrected chi connectivity index (χ2v) is 6.88. The highest BCUT2D eigenvalue weighted by molar-refractivity contribution is 5.87. The molecule has 152 valence electrons. The number of aliphatic hydroxyl groups is 1. The van der Waals surface area contributed by atoms with Gasteiger partial charge in [0.15, 0.2) is 0 Å². The van der Waals surface area contributed by atoms with Crippen LogP contribution in [-0.2, 0) is 14.3 Å². The lowest BCUT2D eigenvalue weighted by Gasteiger charge is -2.31. The molecule has 0 unspecified atom stereocenters. The molecule has 0 saturated heterocycles. The topological polar surface area (TPSA) is 89.6 Å². The number of aliphatic hydroxyl groups excluding tert-OH is 1. The lowest BCUT2D eigenvalue weighted by molar-refractivity contribution is -0.151. The zero-order valence-electron chi connectivity index (χ0n) is 16.8. The van der Waals surface area contributed by atoms with Crippen LogP contribution in [0.5, 0.6) is 0 Å². The van der Waals surface area contributed by atoms with Gasteiger partial charge in [-0.3, -0.25) is 4.79 Å². The molecule has 1 aromatic rings. The number of nitrogens with two attached hydrogens (primary N) is 1. The van der Waals surface area contributed by atoms with Crippen molar-refractivity contribution in [2.75, 3.05) is 0 Å². The lowest BCUT2D eigenvalue weighted by Crippen LogP contribution is -2.37. The summed E-state index contributed by atoms with van der Waals surface area (Å²) >= 11 is 0. The third-order valence-corrected chi connectivity index (χ3v) is 4.68. The Balaban J connectivity index is 2.71. The SMILES string of the molecule is CC[C@@H](C)[C@H](OC(=O)/C=C/c1ccccc1)[C@H](C)[C@H](O)C/C=C/C=C/C(N)=O. The maximum Gasteiger partial charge on any atom is 0.331 e. The average molecular weight is 386 g/mol. The summed E-state index contributed by atoms with van der Waals surface area (Å²) < 4.78 is 5.68. The molecular formula is C23H31NO4. The minimum atomic E-state index is -0.678.